The number of nitrogens with one attached hydrogen (secondary N) is 1. The summed E-state index contributed by atoms with van der Waals surface area (Å²) in [6.07, 6.45) is 4.09. The molecule has 72 valence electrons. The first-order valence-electron chi connectivity index (χ1n) is 5.12. The fourth-order valence-electron chi connectivity index (χ4n) is 2.08. The van der Waals surface area contributed by atoms with Crippen LogP contribution in [0, 0.1) is 0 Å². The molecule has 0 radical (unpaired) electrons. The Morgan fingerprint density at radius 3 is 2.79 bits per heavy atom. The molecule has 1 fully saturated rings. The van der Waals surface area contributed by atoms with Crippen LogP contribution in [0.4, 0.5) is 0 Å². The topological polar surface area (TPSA) is 15.8 Å². The minimum absolute atomic E-state index is 0.786. The molecule has 1 saturated carbocycles. The second-order valence-corrected chi connectivity index (χ2v) is 4.91. The van der Waals surface area contributed by atoms with E-state index >= 15 is 0 Å². The van der Waals surface area contributed by atoms with Crippen LogP contribution < -0.4 is 0 Å². The summed E-state index contributed by atoms with van der Waals surface area (Å²) >= 11 is 3.57. The number of aromatic nitrogens is 1. The van der Waals surface area contributed by atoms with Crippen LogP contribution in [-0.4, -0.2) is 4.98 Å². The predicted octanol–water partition coefficient (Wildman–Crippen LogP) is 4.20. The number of rotatable bonds is 1. The summed E-state index contributed by atoms with van der Waals surface area (Å²) in [5.41, 5.74) is 2.66. The van der Waals surface area contributed by atoms with Gasteiger partial charge in [0.05, 0.1) is 5.52 Å². The lowest BCUT2D eigenvalue weighted by molar-refractivity contribution is 0.413. The van der Waals surface area contributed by atoms with Gasteiger partial charge in [0.15, 0.2) is 0 Å². The highest BCUT2D eigenvalue weighted by molar-refractivity contribution is 9.10. The Labute approximate surface area is 91.6 Å². The molecule has 2 aromatic rings. The SMILES string of the molecule is Brc1cccc2cc(C3CCC3)[nH]c12. The number of halogens is 1. The number of H-pyrrole nitrogens is 1. The predicted molar refractivity (Wildman–Crippen MR) is 62.6 cm³/mol. The molecule has 0 aliphatic heterocycles. The third-order valence-corrected chi connectivity index (χ3v) is 3.83. The van der Waals surface area contributed by atoms with Gasteiger partial charge in [0.1, 0.15) is 0 Å². The molecule has 1 heterocycles. The summed E-state index contributed by atoms with van der Waals surface area (Å²) in [5.74, 6) is 0.786. The molecule has 0 bridgehead atoms. The molecule has 1 nitrogen and oxygen atoms in total. The van der Waals surface area contributed by atoms with Crippen LogP contribution in [0.2, 0.25) is 0 Å². The second kappa shape index (κ2) is 3.13. The normalized spacial score (nSPS) is 17.2. The van der Waals surface area contributed by atoms with Gasteiger partial charge in [-0.05, 0) is 46.8 Å². The van der Waals surface area contributed by atoms with E-state index in [9.17, 15) is 0 Å². The number of benzene rings is 1. The van der Waals surface area contributed by atoms with E-state index in [0.717, 1.165) is 5.92 Å². The van der Waals surface area contributed by atoms with Crippen molar-refractivity contribution in [3.8, 4) is 0 Å². The Kier molecular flexibility index (Phi) is 1.91. The van der Waals surface area contributed by atoms with E-state index in [2.05, 4.69) is 45.2 Å². The summed E-state index contributed by atoms with van der Waals surface area (Å²) in [5, 5.41) is 1.32. The highest BCUT2D eigenvalue weighted by Crippen LogP contribution is 2.37. The Morgan fingerprint density at radius 1 is 1.29 bits per heavy atom. The van der Waals surface area contributed by atoms with E-state index in [4.69, 9.17) is 0 Å². The number of aromatic amines is 1. The van der Waals surface area contributed by atoms with Crippen molar-refractivity contribution in [1.82, 2.24) is 4.98 Å². The lowest BCUT2D eigenvalue weighted by Crippen LogP contribution is -2.08. The smallest absolute Gasteiger partial charge is 0.0600 e. The van der Waals surface area contributed by atoms with Crippen molar-refractivity contribution >= 4 is 26.8 Å². The summed E-state index contributed by atoms with van der Waals surface area (Å²) < 4.78 is 1.17. The Morgan fingerprint density at radius 2 is 2.14 bits per heavy atom. The van der Waals surface area contributed by atoms with Crippen LogP contribution in [0.15, 0.2) is 28.7 Å². The first-order chi connectivity index (χ1) is 6.84. The van der Waals surface area contributed by atoms with Crippen LogP contribution in [0.3, 0.4) is 0 Å². The average Bonchev–Trinajstić information content (AvgIpc) is 2.46. The van der Waals surface area contributed by atoms with Gasteiger partial charge >= 0.3 is 0 Å². The molecule has 1 aromatic heterocycles. The minimum atomic E-state index is 0.786. The molecule has 2 heteroatoms. The molecule has 14 heavy (non-hydrogen) atoms. The van der Waals surface area contributed by atoms with E-state index in [1.807, 2.05) is 0 Å². The van der Waals surface area contributed by atoms with Gasteiger partial charge in [-0.3, -0.25) is 0 Å². The largest absolute Gasteiger partial charge is 0.357 e. The number of hydrogen-bond donors (Lipinski definition) is 1. The van der Waals surface area contributed by atoms with Crippen LogP contribution in [-0.2, 0) is 0 Å². The molecule has 1 aromatic carbocycles. The minimum Gasteiger partial charge on any atom is -0.357 e. The Balaban J connectivity index is 2.15. The van der Waals surface area contributed by atoms with Crippen LogP contribution >= 0.6 is 15.9 Å². The molecule has 0 atom stereocenters. The number of hydrogen-bond acceptors (Lipinski definition) is 0. The van der Waals surface area contributed by atoms with E-state index in [-0.39, 0.29) is 0 Å². The maximum absolute atomic E-state index is 3.57. The molecule has 0 amide bonds. The van der Waals surface area contributed by atoms with Crippen LogP contribution in [0.5, 0.6) is 0 Å². The average molecular weight is 250 g/mol. The fraction of sp³-hybridized carbons (Fsp3) is 0.333. The zero-order valence-electron chi connectivity index (χ0n) is 7.89. The first-order valence-corrected chi connectivity index (χ1v) is 5.91. The summed E-state index contributed by atoms with van der Waals surface area (Å²) in [6.45, 7) is 0. The van der Waals surface area contributed by atoms with E-state index in [1.54, 1.807) is 0 Å². The second-order valence-electron chi connectivity index (χ2n) is 4.06. The lowest BCUT2D eigenvalue weighted by Gasteiger charge is -2.23. The van der Waals surface area contributed by atoms with Crippen molar-refractivity contribution in [1.29, 1.82) is 0 Å². The molecule has 0 saturated heterocycles. The zero-order chi connectivity index (χ0) is 9.54. The maximum Gasteiger partial charge on any atom is 0.0600 e. The van der Waals surface area contributed by atoms with Crippen LogP contribution in [0.25, 0.3) is 10.9 Å². The van der Waals surface area contributed by atoms with Crippen LogP contribution in [0.1, 0.15) is 30.9 Å². The van der Waals surface area contributed by atoms with Gasteiger partial charge in [-0.15, -0.1) is 0 Å². The maximum atomic E-state index is 3.57. The van der Waals surface area contributed by atoms with Gasteiger partial charge in [-0.25, -0.2) is 0 Å². The molecule has 3 rings (SSSR count). The molecule has 1 aliphatic rings. The van der Waals surface area contributed by atoms with E-state index in [0.29, 0.717) is 0 Å². The van der Waals surface area contributed by atoms with Crippen molar-refractivity contribution in [2.45, 2.75) is 25.2 Å². The number of fused-ring (bicyclic) bond motifs is 1. The standard InChI is InChI=1S/C12H12BrN/c13-10-6-2-5-9-7-11(14-12(9)10)8-3-1-4-8/h2,5-8,14H,1,3-4H2. The quantitative estimate of drug-likeness (QED) is 0.780. The summed E-state index contributed by atoms with van der Waals surface area (Å²) in [6, 6.07) is 8.64. The van der Waals surface area contributed by atoms with Gasteiger partial charge in [0.2, 0.25) is 0 Å². The van der Waals surface area contributed by atoms with Gasteiger partial charge in [-0.1, -0.05) is 18.6 Å². The molecular weight excluding hydrogens is 238 g/mol. The third kappa shape index (κ3) is 1.21. The monoisotopic (exact) mass is 249 g/mol. The van der Waals surface area contributed by atoms with E-state index in [1.165, 1.54) is 40.3 Å². The zero-order valence-corrected chi connectivity index (χ0v) is 9.47. The van der Waals surface area contributed by atoms with Crippen molar-refractivity contribution in [2.75, 3.05) is 0 Å². The summed E-state index contributed by atoms with van der Waals surface area (Å²) in [7, 11) is 0. The van der Waals surface area contributed by atoms with E-state index < -0.39 is 0 Å². The Hall–Kier alpha value is -0.760. The molecular formula is C12H12BrN. The molecule has 1 N–H and O–H groups in total. The van der Waals surface area contributed by atoms with Crippen molar-refractivity contribution in [2.24, 2.45) is 0 Å². The van der Waals surface area contributed by atoms with Crippen molar-refractivity contribution in [3.05, 3.63) is 34.4 Å². The molecule has 0 spiro atoms. The first kappa shape index (κ1) is 8.54. The van der Waals surface area contributed by atoms with Gasteiger partial charge in [0, 0.05) is 15.6 Å². The van der Waals surface area contributed by atoms with Gasteiger partial charge < -0.3 is 4.98 Å². The third-order valence-electron chi connectivity index (χ3n) is 3.17. The highest BCUT2D eigenvalue weighted by Gasteiger charge is 2.21. The fourth-order valence-corrected chi connectivity index (χ4v) is 2.56. The lowest BCUT2D eigenvalue weighted by atomic mass is 9.83. The molecule has 1 aliphatic carbocycles. The Bertz CT molecular complexity index is 468. The summed E-state index contributed by atoms with van der Waals surface area (Å²) in [4.78, 5) is 3.52. The van der Waals surface area contributed by atoms with Crippen molar-refractivity contribution < 1.29 is 0 Å². The van der Waals surface area contributed by atoms with Crippen molar-refractivity contribution in [3.63, 3.8) is 0 Å². The molecule has 0 unspecified atom stereocenters. The highest BCUT2D eigenvalue weighted by atomic mass is 79.9. The van der Waals surface area contributed by atoms with Gasteiger partial charge in [0.25, 0.3) is 0 Å². The number of para-hydroxylation sites is 1. The van der Waals surface area contributed by atoms with Gasteiger partial charge in [-0.2, -0.15) is 0 Å².